The number of halogens is 1. The standard InChI is InChI=1S/C21H25N.ClH/c1-20(2,3)12-11-19-16-13-22(4)14-21(19)17-8-6-5-7-15(17)9-10-18(16)21;/h5-10,16,18-19H,13-14H2,1-4H3;1H. The maximum absolute atomic E-state index is 3.70. The number of allylic oxidation sites excluding steroid dienone is 1. The summed E-state index contributed by atoms with van der Waals surface area (Å²) in [7, 11) is 2.26. The van der Waals surface area contributed by atoms with Crippen LogP contribution in [0.15, 0.2) is 30.3 Å². The Morgan fingerprint density at radius 3 is 2.70 bits per heavy atom. The van der Waals surface area contributed by atoms with Gasteiger partial charge in [0.05, 0.1) is 0 Å². The van der Waals surface area contributed by atoms with E-state index in [-0.39, 0.29) is 23.2 Å². The first kappa shape index (κ1) is 16.6. The van der Waals surface area contributed by atoms with E-state index < -0.39 is 0 Å². The van der Waals surface area contributed by atoms with E-state index in [0.717, 1.165) is 6.54 Å². The number of hydrogen-bond donors (Lipinski definition) is 0. The van der Waals surface area contributed by atoms with Gasteiger partial charge in [-0.2, -0.15) is 0 Å². The van der Waals surface area contributed by atoms with Gasteiger partial charge in [-0.3, -0.25) is 0 Å². The van der Waals surface area contributed by atoms with Crippen molar-refractivity contribution in [2.45, 2.75) is 26.2 Å². The number of fused-ring (bicyclic) bond motifs is 3. The van der Waals surface area contributed by atoms with Crippen molar-refractivity contribution in [3.05, 3.63) is 41.5 Å². The molecule has 4 unspecified atom stereocenters. The van der Waals surface area contributed by atoms with Crippen LogP contribution in [0.25, 0.3) is 6.08 Å². The minimum atomic E-state index is 0. The molecule has 1 nitrogen and oxygen atoms in total. The second kappa shape index (κ2) is 5.40. The molecule has 4 aliphatic rings. The second-order valence-corrected chi connectivity index (χ2v) is 8.37. The van der Waals surface area contributed by atoms with Gasteiger partial charge in [0.15, 0.2) is 0 Å². The van der Waals surface area contributed by atoms with Crippen molar-refractivity contribution in [2.75, 3.05) is 20.1 Å². The van der Waals surface area contributed by atoms with Gasteiger partial charge in [-0.25, -0.2) is 0 Å². The molecule has 0 amide bonds. The van der Waals surface area contributed by atoms with Crippen LogP contribution in [0.5, 0.6) is 0 Å². The van der Waals surface area contributed by atoms with Crippen LogP contribution in [0.2, 0.25) is 0 Å². The fourth-order valence-corrected chi connectivity index (χ4v) is 4.90. The topological polar surface area (TPSA) is 3.24 Å². The Kier molecular flexibility index (Phi) is 3.90. The van der Waals surface area contributed by atoms with E-state index in [2.05, 4.69) is 81.0 Å². The van der Waals surface area contributed by atoms with Crippen molar-refractivity contribution in [3.8, 4) is 11.8 Å². The largest absolute Gasteiger partial charge is 0.305 e. The van der Waals surface area contributed by atoms with Crippen LogP contribution in [0.3, 0.4) is 0 Å². The Labute approximate surface area is 146 Å². The predicted molar refractivity (Wildman–Crippen MR) is 99.6 cm³/mol. The minimum absolute atomic E-state index is 0. The summed E-state index contributed by atoms with van der Waals surface area (Å²) >= 11 is 0. The molecule has 0 radical (unpaired) electrons. The number of rotatable bonds is 0. The fourth-order valence-electron chi connectivity index (χ4n) is 4.90. The first-order valence-electron chi connectivity index (χ1n) is 8.41. The number of hydrogen-bond acceptors (Lipinski definition) is 1. The van der Waals surface area contributed by atoms with Crippen molar-refractivity contribution in [3.63, 3.8) is 0 Å². The predicted octanol–water partition coefficient (Wildman–Crippen LogP) is 4.23. The average Bonchev–Trinajstić information content (AvgIpc) is 2.45. The lowest BCUT2D eigenvalue weighted by molar-refractivity contribution is -0.0818. The first-order valence-corrected chi connectivity index (χ1v) is 8.41. The molecule has 2 heterocycles. The molecule has 122 valence electrons. The summed E-state index contributed by atoms with van der Waals surface area (Å²) in [4.78, 5) is 2.51. The highest BCUT2D eigenvalue weighted by Gasteiger charge is 2.65. The summed E-state index contributed by atoms with van der Waals surface area (Å²) in [5.41, 5.74) is 3.24. The van der Waals surface area contributed by atoms with E-state index in [9.17, 15) is 0 Å². The summed E-state index contributed by atoms with van der Waals surface area (Å²) in [5.74, 6) is 9.12. The molecule has 1 aromatic rings. The van der Waals surface area contributed by atoms with Crippen molar-refractivity contribution in [2.24, 2.45) is 23.2 Å². The minimum Gasteiger partial charge on any atom is -0.305 e. The molecular weight excluding hydrogens is 302 g/mol. The monoisotopic (exact) mass is 327 g/mol. The van der Waals surface area contributed by atoms with Crippen LogP contribution >= 0.6 is 12.4 Å². The first-order chi connectivity index (χ1) is 10.4. The van der Waals surface area contributed by atoms with E-state index in [0.29, 0.717) is 17.8 Å². The zero-order valence-corrected chi connectivity index (χ0v) is 15.3. The molecule has 1 spiro atoms. The van der Waals surface area contributed by atoms with Crippen LogP contribution in [0.1, 0.15) is 31.9 Å². The maximum atomic E-state index is 3.70. The van der Waals surface area contributed by atoms with Gasteiger partial charge in [0.1, 0.15) is 0 Å². The van der Waals surface area contributed by atoms with Crippen molar-refractivity contribution in [1.82, 2.24) is 4.90 Å². The summed E-state index contributed by atoms with van der Waals surface area (Å²) < 4.78 is 0. The Bertz CT molecular complexity index is 703. The Hall–Kier alpha value is -1.23. The zero-order valence-electron chi connectivity index (χ0n) is 14.5. The fraction of sp³-hybridized carbons (Fsp3) is 0.524. The van der Waals surface area contributed by atoms with E-state index >= 15 is 0 Å². The van der Waals surface area contributed by atoms with Crippen molar-refractivity contribution < 1.29 is 0 Å². The molecule has 3 fully saturated rings. The average molecular weight is 328 g/mol. The van der Waals surface area contributed by atoms with Gasteiger partial charge < -0.3 is 4.90 Å². The second-order valence-electron chi connectivity index (χ2n) is 8.37. The van der Waals surface area contributed by atoms with E-state index in [1.54, 1.807) is 0 Å². The highest BCUT2D eigenvalue weighted by atomic mass is 35.5. The molecule has 2 bridgehead atoms. The molecule has 0 N–H and O–H groups in total. The quantitative estimate of drug-likeness (QED) is 0.645. The van der Waals surface area contributed by atoms with E-state index in [4.69, 9.17) is 0 Å². The van der Waals surface area contributed by atoms with Gasteiger partial charge in [-0.15, -0.1) is 12.4 Å². The summed E-state index contributed by atoms with van der Waals surface area (Å²) in [6.45, 7) is 8.96. The lowest BCUT2D eigenvalue weighted by Gasteiger charge is -2.66. The zero-order chi connectivity index (χ0) is 15.5. The van der Waals surface area contributed by atoms with Crippen molar-refractivity contribution in [1.29, 1.82) is 0 Å². The highest BCUT2D eigenvalue weighted by molar-refractivity contribution is 5.85. The Morgan fingerprint density at radius 2 is 1.96 bits per heavy atom. The van der Waals surface area contributed by atoms with Crippen LogP contribution in [-0.2, 0) is 5.41 Å². The van der Waals surface area contributed by atoms with Gasteiger partial charge >= 0.3 is 0 Å². The molecule has 2 heteroatoms. The normalized spacial score (nSPS) is 34.2. The van der Waals surface area contributed by atoms with Crippen LogP contribution in [-0.4, -0.2) is 25.0 Å². The van der Waals surface area contributed by atoms with E-state index in [1.807, 2.05) is 0 Å². The summed E-state index contributed by atoms with van der Waals surface area (Å²) in [6.07, 6.45) is 4.80. The van der Waals surface area contributed by atoms with Crippen LogP contribution in [0, 0.1) is 35.0 Å². The van der Waals surface area contributed by atoms with Crippen molar-refractivity contribution >= 4 is 18.5 Å². The highest BCUT2D eigenvalue weighted by Crippen LogP contribution is 2.63. The summed E-state index contributed by atoms with van der Waals surface area (Å²) in [5, 5.41) is 0. The third-order valence-corrected chi connectivity index (χ3v) is 5.64. The molecule has 2 saturated heterocycles. The van der Waals surface area contributed by atoms with E-state index in [1.165, 1.54) is 17.7 Å². The Balaban J connectivity index is 0.00000156. The molecular formula is C21H26ClN. The molecule has 1 aromatic carbocycles. The lowest BCUT2D eigenvalue weighted by atomic mass is 9.40. The Morgan fingerprint density at radius 1 is 1.22 bits per heavy atom. The number of nitrogens with zero attached hydrogens (tertiary/aromatic N) is 1. The molecule has 0 aromatic heterocycles. The van der Waals surface area contributed by atoms with Gasteiger partial charge in [0, 0.05) is 29.8 Å². The molecule has 5 rings (SSSR count). The molecule has 1 saturated carbocycles. The van der Waals surface area contributed by atoms with Crippen LogP contribution in [0.4, 0.5) is 0 Å². The van der Waals surface area contributed by atoms with Gasteiger partial charge in [0.2, 0.25) is 0 Å². The molecule has 2 aliphatic heterocycles. The molecule has 4 atom stereocenters. The van der Waals surface area contributed by atoms with Gasteiger partial charge in [0.25, 0.3) is 0 Å². The van der Waals surface area contributed by atoms with Crippen LogP contribution < -0.4 is 0 Å². The number of benzene rings is 1. The molecule has 2 aliphatic carbocycles. The summed E-state index contributed by atoms with van der Waals surface area (Å²) in [6, 6.07) is 8.94. The van der Waals surface area contributed by atoms with Gasteiger partial charge in [-0.05, 0) is 50.8 Å². The SMILES string of the molecule is CN1CC2C(C#CC(C)(C)C)C3(C1)c1ccccc1C=CC23.Cl. The maximum Gasteiger partial charge on any atom is 0.0364 e. The number of likely N-dealkylation sites (N-methyl/N-ethyl adjacent to an activating group) is 1. The molecule has 23 heavy (non-hydrogen) atoms. The van der Waals surface area contributed by atoms with Gasteiger partial charge in [-0.1, -0.05) is 48.3 Å². The third-order valence-electron chi connectivity index (χ3n) is 5.64. The lowest BCUT2D eigenvalue weighted by Crippen LogP contribution is -2.70. The smallest absolute Gasteiger partial charge is 0.0364 e. The number of piperidine rings is 2. The third kappa shape index (κ3) is 2.35.